The van der Waals surface area contributed by atoms with Gasteiger partial charge in [0.05, 0.1) is 0 Å². The summed E-state index contributed by atoms with van der Waals surface area (Å²) in [6, 6.07) is 23.9. The van der Waals surface area contributed by atoms with Gasteiger partial charge in [-0.3, -0.25) is 0 Å². The topological polar surface area (TPSA) is 0 Å². The minimum atomic E-state index is 1.05. The van der Waals surface area contributed by atoms with Crippen molar-refractivity contribution in [1.82, 2.24) is 0 Å². The first-order valence-corrected chi connectivity index (χ1v) is 6.70. The van der Waals surface area contributed by atoms with Crippen LogP contribution in [0.2, 0.25) is 0 Å². The smallest absolute Gasteiger partial charge is 0.00819 e. The van der Waals surface area contributed by atoms with Crippen molar-refractivity contribution in [2.45, 2.75) is 6.42 Å². The molecule has 3 aromatic rings. The minimum Gasteiger partial charge on any atom is -0.0716 e. The van der Waals surface area contributed by atoms with E-state index in [4.69, 9.17) is 0 Å². The lowest BCUT2D eigenvalue weighted by molar-refractivity contribution is 1.31. The van der Waals surface area contributed by atoms with Gasteiger partial charge < -0.3 is 0 Å². The molecule has 4 rings (SSSR count). The van der Waals surface area contributed by atoms with Crippen LogP contribution in [0.1, 0.15) is 16.7 Å². The Morgan fingerprint density at radius 1 is 0.632 bits per heavy atom. The molecule has 0 N–H and O–H groups in total. The van der Waals surface area contributed by atoms with Gasteiger partial charge in [-0.25, -0.2) is 0 Å². The van der Waals surface area contributed by atoms with E-state index in [1.165, 1.54) is 33.0 Å². The third kappa shape index (κ3) is 1.61. The van der Waals surface area contributed by atoms with Crippen LogP contribution >= 0.6 is 0 Å². The highest BCUT2D eigenvalue weighted by Crippen LogP contribution is 2.35. The fourth-order valence-electron chi connectivity index (χ4n) is 3.00. The number of hydrogen-bond donors (Lipinski definition) is 0. The van der Waals surface area contributed by atoms with E-state index >= 15 is 0 Å². The lowest BCUT2D eigenvalue weighted by Crippen LogP contribution is -1.88. The lowest BCUT2D eigenvalue weighted by atomic mass is 9.94. The van der Waals surface area contributed by atoms with Crippen molar-refractivity contribution in [2.75, 3.05) is 0 Å². The van der Waals surface area contributed by atoms with Crippen LogP contribution in [0.5, 0.6) is 0 Å². The zero-order chi connectivity index (χ0) is 12.7. The van der Waals surface area contributed by atoms with Gasteiger partial charge in [0.1, 0.15) is 0 Å². The van der Waals surface area contributed by atoms with Crippen LogP contribution in [-0.2, 0) is 6.42 Å². The SMILES string of the molecule is C1=C(c2cccc3ccccc23)c2ccccc2C1. The Bertz CT molecular complexity index is 789. The average Bonchev–Trinajstić information content (AvgIpc) is 2.90. The fraction of sp³-hybridized carbons (Fsp3) is 0.0526. The van der Waals surface area contributed by atoms with Crippen molar-refractivity contribution in [2.24, 2.45) is 0 Å². The summed E-state index contributed by atoms with van der Waals surface area (Å²) in [5.74, 6) is 0. The largest absolute Gasteiger partial charge is 0.0716 e. The molecular weight excluding hydrogens is 228 g/mol. The van der Waals surface area contributed by atoms with Crippen molar-refractivity contribution in [3.63, 3.8) is 0 Å². The summed E-state index contributed by atoms with van der Waals surface area (Å²) >= 11 is 0. The Balaban J connectivity index is 1.98. The molecule has 0 unspecified atom stereocenters. The third-order valence-electron chi connectivity index (χ3n) is 3.91. The molecule has 3 aromatic carbocycles. The summed E-state index contributed by atoms with van der Waals surface area (Å²) < 4.78 is 0. The van der Waals surface area contributed by atoms with Gasteiger partial charge in [0.15, 0.2) is 0 Å². The molecule has 1 aliphatic rings. The molecule has 0 bridgehead atoms. The monoisotopic (exact) mass is 242 g/mol. The number of fused-ring (bicyclic) bond motifs is 2. The molecule has 0 heterocycles. The zero-order valence-corrected chi connectivity index (χ0v) is 10.6. The minimum absolute atomic E-state index is 1.05. The Morgan fingerprint density at radius 3 is 2.37 bits per heavy atom. The highest BCUT2D eigenvalue weighted by atomic mass is 14.2. The van der Waals surface area contributed by atoms with E-state index in [9.17, 15) is 0 Å². The van der Waals surface area contributed by atoms with Gasteiger partial charge >= 0.3 is 0 Å². The summed E-state index contributed by atoms with van der Waals surface area (Å²) in [5.41, 5.74) is 5.56. The molecule has 0 spiro atoms. The lowest BCUT2D eigenvalue weighted by Gasteiger charge is -2.09. The van der Waals surface area contributed by atoms with Gasteiger partial charge in [-0.2, -0.15) is 0 Å². The van der Waals surface area contributed by atoms with E-state index < -0.39 is 0 Å². The molecule has 90 valence electrons. The van der Waals surface area contributed by atoms with Crippen LogP contribution in [0.3, 0.4) is 0 Å². The van der Waals surface area contributed by atoms with Gasteiger partial charge in [-0.05, 0) is 39.5 Å². The highest BCUT2D eigenvalue weighted by Gasteiger charge is 2.16. The molecule has 0 saturated heterocycles. The van der Waals surface area contributed by atoms with Gasteiger partial charge in [0.25, 0.3) is 0 Å². The van der Waals surface area contributed by atoms with E-state index in [0.717, 1.165) is 6.42 Å². The molecule has 0 radical (unpaired) electrons. The predicted molar refractivity (Wildman–Crippen MR) is 81.2 cm³/mol. The normalized spacial score (nSPS) is 13.4. The van der Waals surface area contributed by atoms with Crippen molar-refractivity contribution in [3.8, 4) is 0 Å². The summed E-state index contributed by atoms with van der Waals surface area (Å²) in [4.78, 5) is 0. The average molecular weight is 242 g/mol. The van der Waals surface area contributed by atoms with Gasteiger partial charge in [-0.1, -0.05) is 72.8 Å². The quantitative estimate of drug-likeness (QED) is 0.573. The maximum atomic E-state index is 2.35. The number of benzene rings is 3. The van der Waals surface area contributed by atoms with Crippen molar-refractivity contribution in [3.05, 3.63) is 89.5 Å². The van der Waals surface area contributed by atoms with E-state index in [0.29, 0.717) is 0 Å². The summed E-state index contributed by atoms with van der Waals surface area (Å²) in [6.07, 6.45) is 3.40. The molecule has 0 fully saturated rings. The second kappa shape index (κ2) is 4.10. The van der Waals surface area contributed by atoms with Crippen LogP contribution in [0.4, 0.5) is 0 Å². The van der Waals surface area contributed by atoms with Gasteiger partial charge in [0.2, 0.25) is 0 Å². The molecular formula is C19H14. The fourth-order valence-corrected chi connectivity index (χ4v) is 3.00. The van der Waals surface area contributed by atoms with Crippen molar-refractivity contribution in [1.29, 1.82) is 0 Å². The number of allylic oxidation sites excluding steroid dienone is 1. The van der Waals surface area contributed by atoms with Crippen LogP contribution in [0.15, 0.2) is 72.8 Å². The summed E-state index contributed by atoms with van der Waals surface area (Å²) in [5, 5.41) is 2.65. The molecule has 0 saturated carbocycles. The van der Waals surface area contributed by atoms with Crippen LogP contribution in [0.25, 0.3) is 16.3 Å². The number of rotatable bonds is 1. The van der Waals surface area contributed by atoms with E-state index in [1.807, 2.05) is 0 Å². The predicted octanol–water partition coefficient (Wildman–Crippen LogP) is 4.83. The molecule has 0 amide bonds. The van der Waals surface area contributed by atoms with Crippen molar-refractivity contribution < 1.29 is 0 Å². The Morgan fingerprint density at radius 2 is 1.37 bits per heavy atom. The molecule has 0 nitrogen and oxygen atoms in total. The third-order valence-corrected chi connectivity index (χ3v) is 3.91. The first-order chi connectivity index (χ1) is 9.43. The molecule has 1 aliphatic carbocycles. The van der Waals surface area contributed by atoms with E-state index in [-0.39, 0.29) is 0 Å². The van der Waals surface area contributed by atoms with E-state index in [2.05, 4.69) is 72.8 Å². The van der Waals surface area contributed by atoms with E-state index in [1.54, 1.807) is 0 Å². The maximum absolute atomic E-state index is 2.35. The molecule has 0 heteroatoms. The standard InChI is InChI=1S/C19H14/c1-3-9-16-14(6-1)8-5-11-18(16)19-13-12-15-7-2-4-10-17(15)19/h1-11,13H,12H2. The second-order valence-corrected chi connectivity index (χ2v) is 5.01. The van der Waals surface area contributed by atoms with Crippen LogP contribution in [-0.4, -0.2) is 0 Å². The highest BCUT2D eigenvalue weighted by molar-refractivity contribution is 5.99. The Labute approximate surface area is 113 Å². The first-order valence-electron chi connectivity index (χ1n) is 6.70. The second-order valence-electron chi connectivity index (χ2n) is 5.01. The number of hydrogen-bond acceptors (Lipinski definition) is 0. The Hall–Kier alpha value is -2.34. The van der Waals surface area contributed by atoms with Gasteiger partial charge in [0, 0.05) is 0 Å². The zero-order valence-electron chi connectivity index (χ0n) is 10.6. The summed E-state index contributed by atoms with van der Waals surface area (Å²) in [7, 11) is 0. The molecule has 19 heavy (non-hydrogen) atoms. The van der Waals surface area contributed by atoms with Crippen molar-refractivity contribution >= 4 is 16.3 Å². The molecule has 0 aromatic heterocycles. The van der Waals surface area contributed by atoms with Crippen LogP contribution in [0, 0.1) is 0 Å². The summed E-state index contributed by atoms with van der Waals surface area (Å²) in [6.45, 7) is 0. The maximum Gasteiger partial charge on any atom is -0.00819 e. The van der Waals surface area contributed by atoms with Gasteiger partial charge in [-0.15, -0.1) is 0 Å². The van der Waals surface area contributed by atoms with Crippen LogP contribution < -0.4 is 0 Å². The molecule has 0 aliphatic heterocycles. The molecule has 0 atom stereocenters. The Kier molecular flexibility index (Phi) is 2.28. The first kappa shape index (κ1) is 10.6.